The molecular formula is C28H33N3O3. The van der Waals surface area contributed by atoms with E-state index in [2.05, 4.69) is 17.4 Å². The second-order valence-electron chi connectivity index (χ2n) is 10.1. The van der Waals surface area contributed by atoms with Crippen molar-refractivity contribution < 1.29 is 14.3 Å². The molecule has 2 aliphatic rings. The first-order valence-corrected chi connectivity index (χ1v) is 12.0. The lowest BCUT2D eigenvalue weighted by Gasteiger charge is -2.36. The Morgan fingerprint density at radius 3 is 2.24 bits per heavy atom. The van der Waals surface area contributed by atoms with Crippen LogP contribution in [0.25, 0.3) is 11.1 Å². The van der Waals surface area contributed by atoms with Gasteiger partial charge in [0.1, 0.15) is 5.60 Å². The number of rotatable bonds is 5. The van der Waals surface area contributed by atoms with Crippen LogP contribution in [0, 0.1) is 5.41 Å². The summed E-state index contributed by atoms with van der Waals surface area (Å²) in [6, 6.07) is 18.2. The van der Waals surface area contributed by atoms with Gasteiger partial charge in [0.15, 0.2) is 0 Å². The van der Waals surface area contributed by atoms with Crippen molar-refractivity contribution in [2.24, 2.45) is 0 Å². The summed E-state index contributed by atoms with van der Waals surface area (Å²) in [6.07, 6.45) is 4.95. The van der Waals surface area contributed by atoms with Crippen molar-refractivity contribution in [3.63, 3.8) is 0 Å². The first kappa shape index (κ1) is 23.7. The lowest BCUT2D eigenvalue weighted by atomic mass is 9.88. The molecular weight excluding hydrogens is 426 g/mol. The van der Waals surface area contributed by atoms with Crippen molar-refractivity contribution in [3.8, 4) is 11.1 Å². The highest BCUT2D eigenvalue weighted by atomic mass is 16.6. The van der Waals surface area contributed by atoms with E-state index < -0.39 is 11.7 Å². The molecule has 6 heteroatoms. The minimum Gasteiger partial charge on any atom is -0.444 e. The second kappa shape index (κ2) is 9.84. The third-order valence-corrected chi connectivity index (χ3v) is 6.14. The number of carbonyl (C=O) groups is 2. The maximum Gasteiger partial charge on any atom is 0.411 e. The van der Waals surface area contributed by atoms with Crippen LogP contribution in [0.1, 0.15) is 63.2 Å². The van der Waals surface area contributed by atoms with Crippen LogP contribution in [0.5, 0.6) is 0 Å². The smallest absolute Gasteiger partial charge is 0.411 e. The zero-order chi connectivity index (χ0) is 24.3. The van der Waals surface area contributed by atoms with Gasteiger partial charge in [0, 0.05) is 29.6 Å². The Hall–Kier alpha value is -3.41. The molecule has 0 heterocycles. The number of nitrogens with zero attached hydrogens (tertiary/aromatic N) is 1. The minimum atomic E-state index is -0.587. The average molecular weight is 460 g/mol. The van der Waals surface area contributed by atoms with Gasteiger partial charge in [-0.1, -0.05) is 42.5 Å². The lowest BCUT2D eigenvalue weighted by molar-refractivity contribution is 0.0549. The molecule has 1 unspecified atom stereocenters. The number of amides is 2. The normalized spacial score (nSPS) is 19.6. The largest absolute Gasteiger partial charge is 0.444 e. The van der Waals surface area contributed by atoms with Gasteiger partial charge in [-0.2, -0.15) is 0 Å². The summed E-state index contributed by atoms with van der Waals surface area (Å²) < 4.78 is 5.29. The average Bonchev–Trinajstić information content (AvgIpc) is 3.64. The van der Waals surface area contributed by atoms with Gasteiger partial charge in [0.05, 0.1) is 0 Å². The summed E-state index contributed by atoms with van der Waals surface area (Å²) in [5.74, 6) is 0.0417. The number of carbonyl (C=O) groups excluding carboxylic acids is 2. The Balaban J connectivity index is 1.47. The standard InChI is InChI=1S/C28H33N3O3/c1-28(2,3)34-27(33)30-18-22-17-24(15-16-25(22)29)31(23-13-14-23)26(32)21-11-9-20(10-12-21)19-7-5-4-6-8-19/h4-12,18,23-24,29H,13-17H2,1-3H3,(H,30,33)/b22-18-,29-25?. The number of nitrogens with one attached hydrogen (secondary N) is 2. The van der Waals surface area contributed by atoms with Gasteiger partial charge in [-0.05, 0) is 81.7 Å². The van der Waals surface area contributed by atoms with Gasteiger partial charge in [-0.15, -0.1) is 0 Å². The van der Waals surface area contributed by atoms with Crippen LogP contribution in [0.4, 0.5) is 4.79 Å². The zero-order valence-electron chi connectivity index (χ0n) is 20.1. The van der Waals surface area contributed by atoms with Gasteiger partial charge in [-0.25, -0.2) is 4.79 Å². The molecule has 2 amide bonds. The van der Waals surface area contributed by atoms with Gasteiger partial charge in [0.2, 0.25) is 0 Å². The highest BCUT2D eigenvalue weighted by molar-refractivity contribution is 6.00. The van der Waals surface area contributed by atoms with E-state index in [0.29, 0.717) is 24.1 Å². The summed E-state index contributed by atoms with van der Waals surface area (Å²) >= 11 is 0. The lowest BCUT2D eigenvalue weighted by Crippen LogP contribution is -2.44. The summed E-state index contributed by atoms with van der Waals surface area (Å²) in [4.78, 5) is 27.6. The summed E-state index contributed by atoms with van der Waals surface area (Å²) in [6.45, 7) is 5.43. The Morgan fingerprint density at radius 2 is 1.62 bits per heavy atom. The summed E-state index contributed by atoms with van der Waals surface area (Å²) in [5, 5.41) is 11.0. The van der Waals surface area contributed by atoms with E-state index in [9.17, 15) is 9.59 Å². The fourth-order valence-corrected chi connectivity index (χ4v) is 4.36. The van der Waals surface area contributed by atoms with E-state index in [1.807, 2.05) is 68.1 Å². The molecule has 0 radical (unpaired) electrons. The van der Waals surface area contributed by atoms with E-state index in [-0.39, 0.29) is 18.0 Å². The molecule has 0 saturated heterocycles. The molecule has 2 fully saturated rings. The van der Waals surface area contributed by atoms with E-state index in [4.69, 9.17) is 10.1 Å². The molecule has 2 N–H and O–H groups in total. The van der Waals surface area contributed by atoms with Crippen LogP contribution in [0.2, 0.25) is 0 Å². The van der Waals surface area contributed by atoms with Crippen LogP contribution < -0.4 is 5.32 Å². The second-order valence-corrected chi connectivity index (χ2v) is 10.1. The van der Waals surface area contributed by atoms with Crippen molar-refractivity contribution in [2.45, 2.75) is 70.6 Å². The third kappa shape index (κ3) is 5.93. The molecule has 2 aromatic carbocycles. The van der Waals surface area contributed by atoms with Crippen LogP contribution >= 0.6 is 0 Å². The van der Waals surface area contributed by atoms with Crippen molar-refractivity contribution in [1.82, 2.24) is 10.2 Å². The van der Waals surface area contributed by atoms with Gasteiger partial charge in [-0.3, -0.25) is 10.1 Å². The van der Waals surface area contributed by atoms with Crippen LogP contribution in [0.15, 0.2) is 66.4 Å². The molecule has 6 nitrogen and oxygen atoms in total. The van der Waals surface area contributed by atoms with E-state index in [1.165, 1.54) is 0 Å². The zero-order valence-corrected chi connectivity index (χ0v) is 20.1. The molecule has 2 aromatic rings. The first-order valence-electron chi connectivity index (χ1n) is 12.0. The molecule has 0 spiro atoms. The molecule has 0 aliphatic heterocycles. The Kier molecular flexibility index (Phi) is 6.87. The number of hydrogen-bond donors (Lipinski definition) is 2. The third-order valence-electron chi connectivity index (χ3n) is 6.14. The highest BCUT2D eigenvalue weighted by Crippen LogP contribution is 2.36. The molecule has 34 heavy (non-hydrogen) atoms. The molecule has 0 aromatic heterocycles. The van der Waals surface area contributed by atoms with E-state index in [0.717, 1.165) is 36.0 Å². The highest BCUT2D eigenvalue weighted by Gasteiger charge is 2.39. The first-order chi connectivity index (χ1) is 16.2. The predicted octanol–water partition coefficient (Wildman–Crippen LogP) is 5.94. The van der Waals surface area contributed by atoms with Crippen LogP contribution in [-0.4, -0.2) is 40.3 Å². The van der Waals surface area contributed by atoms with Gasteiger partial charge >= 0.3 is 6.09 Å². The maximum atomic E-state index is 13.5. The monoisotopic (exact) mass is 459 g/mol. The fourth-order valence-electron chi connectivity index (χ4n) is 4.36. The number of alkyl carbamates (subject to hydrolysis) is 1. The van der Waals surface area contributed by atoms with E-state index >= 15 is 0 Å². The number of benzene rings is 2. The van der Waals surface area contributed by atoms with E-state index in [1.54, 1.807) is 6.20 Å². The fraction of sp³-hybridized carbons (Fsp3) is 0.393. The molecule has 0 bridgehead atoms. The Bertz CT molecular complexity index is 1080. The predicted molar refractivity (Wildman–Crippen MR) is 134 cm³/mol. The Labute approximate surface area is 201 Å². The molecule has 2 aliphatic carbocycles. The molecule has 1 atom stereocenters. The van der Waals surface area contributed by atoms with Crippen molar-refractivity contribution >= 4 is 17.7 Å². The van der Waals surface area contributed by atoms with Gasteiger partial charge < -0.3 is 15.0 Å². The van der Waals surface area contributed by atoms with Crippen molar-refractivity contribution in [3.05, 3.63) is 71.9 Å². The molecule has 4 rings (SSSR count). The van der Waals surface area contributed by atoms with Crippen LogP contribution in [0.3, 0.4) is 0 Å². The van der Waals surface area contributed by atoms with Crippen molar-refractivity contribution in [2.75, 3.05) is 0 Å². The van der Waals surface area contributed by atoms with Gasteiger partial charge in [0.25, 0.3) is 5.91 Å². The maximum absolute atomic E-state index is 13.5. The summed E-state index contributed by atoms with van der Waals surface area (Å²) in [7, 11) is 0. The van der Waals surface area contributed by atoms with Crippen molar-refractivity contribution in [1.29, 1.82) is 5.41 Å². The number of ether oxygens (including phenoxy) is 1. The number of hydrogen-bond acceptors (Lipinski definition) is 4. The summed E-state index contributed by atoms with van der Waals surface area (Å²) in [5.41, 5.74) is 3.56. The molecule has 178 valence electrons. The SMILES string of the molecule is CC(C)(C)OC(=O)N/C=C1/CC(N(C(=O)c2ccc(-c3ccccc3)cc2)C2CC2)CCC1=N. The molecule has 2 saturated carbocycles. The minimum absolute atomic E-state index is 0.00888. The van der Waals surface area contributed by atoms with Crippen LogP contribution in [-0.2, 0) is 4.74 Å². The Morgan fingerprint density at radius 1 is 0.971 bits per heavy atom. The topological polar surface area (TPSA) is 82.5 Å². The quantitative estimate of drug-likeness (QED) is 0.580.